The highest BCUT2D eigenvalue weighted by Gasteiger charge is 2.25. The Labute approximate surface area is 296 Å². The molecule has 0 aliphatic heterocycles. The van der Waals surface area contributed by atoms with Gasteiger partial charge in [0.15, 0.2) is 0 Å². The average Bonchev–Trinajstić information content (AvgIpc) is 3.64. The van der Waals surface area contributed by atoms with Gasteiger partial charge in [0.25, 0.3) is 0 Å². The summed E-state index contributed by atoms with van der Waals surface area (Å²) in [6.45, 7) is 6.32. The van der Waals surface area contributed by atoms with E-state index in [0.29, 0.717) is 0 Å². The molecule has 0 aliphatic rings. The topological polar surface area (TPSA) is 104 Å². The van der Waals surface area contributed by atoms with Crippen LogP contribution in [0.3, 0.4) is 0 Å². The van der Waals surface area contributed by atoms with Gasteiger partial charge >= 0.3 is 0 Å². The van der Waals surface area contributed by atoms with Crippen molar-refractivity contribution in [3.05, 3.63) is 84.4 Å². The number of para-hydroxylation sites is 2. The predicted octanol–water partition coefficient (Wildman–Crippen LogP) is 12.1. The van der Waals surface area contributed by atoms with Crippen LogP contribution in [0.4, 0.5) is 17.1 Å². The van der Waals surface area contributed by atoms with E-state index in [-0.39, 0.29) is 0 Å². The van der Waals surface area contributed by atoms with Crippen LogP contribution in [-0.2, 0) is 17.9 Å². The number of primary amides is 1. The monoisotopic (exact) mass is 668 g/mol. The largest absolute Gasteiger partial charge is 0.396 e. The number of anilines is 1. The number of carbonyl (C=O) groups is 1. The smallest absolute Gasteiger partial charge is 0.241 e. The third kappa shape index (κ3) is 7.47. The molecule has 6 aromatic rings. The molecule has 1 amide bonds. The maximum atomic E-state index is 11.2. The molecule has 0 unspecified atom stereocenters. The third-order valence-electron chi connectivity index (χ3n) is 10.00. The lowest BCUT2D eigenvalue weighted by Crippen LogP contribution is -2.04. The van der Waals surface area contributed by atoms with E-state index in [9.17, 15) is 4.79 Å². The Morgan fingerprint density at radius 3 is 1.74 bits per heavy atom. The van der Waals surface area contributed by atoms with Gasteiger partial charge in [0, 0.05) is 51.7 Å². The number of unbranched alkanes of at least 4 members (excludes halogenated alkanes) is 10. The minimum Gasteiger partial charge on any atom is -0.396 e. The quantitative estimate of drug-likeness (QED) is 0.0412. The normalized spacial score (nSPS) is 12.2. The molecule has 0 atom stereocenters. The van der Waals surface area contributed by atoms with Gasteiger partial charge in [-0.15, -0.1) is 5.11 Å². The lowest BCUT2D eigenvalue weighted by atomic mass is 10.0. The van der Waals surface area contributed by atoms with E-state index >= 15 is 0 Å². The molecule has 2 aromatic heterocycles. The summed E-state index contributed by atoms with van der Waals surface area (Å²) in [4.78, 5) is 11.2. The van der Waals surface area contributed by atoms with Crippen LogP contribution in [0, 0.1) is 0 Å². The number of nitrogens with two attached hydrogens (primary N) is 2. The number of hydrogen-bond donors (Lipinski definition) is 2. The molecular formula is C43H52N6O. The number of benzene rings is 4. The Morgan fingerprint density at radius 2 is 1.16 bits per heavy atom. The summed E-state index contributed by atoms with van der Waals surface area (Å²) in [5, 5.41) is 14.4. The molecule has 0 bridgehead atoms. The van der Waals surface area contributed by atoms with Gasteiger partial charge in [-0.05, 0) is 48.7 Å². The molecule has 260 valence electrons. The zero-order valence-corrected chi connectivity index (χ0v) is 29.8. The highest BCUT2D eigenvalue weighted by Crippen LogP contribution is 2.49. The van der Waals surface area contributed by atoms with Crippen LogP contribution in [-0.4, -0.2) is 15.0 Å². The molecule has 0 aliphatic carbocycles. The summed E-state index contributed by atoms with van der Waals surface area (Å²) in [6, 6.07) is 25.0. The molecule has 2 heterocycles. The van der Waals surface area contributed by atoms with Gasteiger partial charge in [0.05, 0.1) is 22.4 Å². The summed E-state index contributed by atoms with van der Waals surface area (Å²) < 4.78 is 4.89. The number of azo groups is 1. The molecule has 6 rings (SSSR count). The average molecular weight is 669 g/mol. The van der Waals surface area contributed by atoms with E-state index in [2.05, 4.69) is 71.5 Å². The van der Waals surface area contributed by atoms with Crippen molar-refractivity contribution < 1.29 is 4.79 Å². The molecule has 0 spiro atoms. The van der Waals surface area contributed by atoms with Crippen LogP contribution < -0.4 is 11.5 Å². The van der Waals surface area contributed by atoms with Crippen molar-refractivity contribution in [2.45, 2.75) is 104 Å². The van der Waals surface area contributed by atoms with E-state index in [1.54, 1.807) is 6.08 Å². The highest BCUT2D eigenvalue weighted by molar-refractivity contribution is 6.30. The zero-order valence-electron chi connectivity index (χ0n) is 29.8. The van der Waals surface area contributed by atoms with Gasteiger partial charge in [0.1, 0.15) is 5.69 Å². The van der Waals surface area contributed by atoms with Gasteiger partial charge in [-0.1, -0.05) is 127 Å². The number of amides is 1. The summed E-state index contributed by atoms with van der Waals surface area (Å²) in [5.41, 5.74) is 20.4. The molecule has 0 saturated heterocycles. The second-order valence-corrected chi connectivity index (χ2v) is 13.6. The Kier molecular flexibility index (Phi) is 11.6. The first-order valence-corrected chi connectivity index (χ1v) is 18.8. The van der Waals surface area contributed by atoms with Crippen molar-refractivity contribution in [2.75, 3.05) is 5.73 Å². The minimum absolute atomic E-state index is 0.475. The Balaban J connectivity index is 1.54. The molecule has 0 radical (unpaired) electrons. The Bertz CT molecular complexity index is 2130. The fraction of sp³-hybridized carbons (Fsp3) is 0.372. The molecule has 50 heavy (non-hydrogen) atoms. The number of rotatable bonds is 18. The molecular weight excluding hydrogens is 617 g/mol. The maximum Gasteiger partial charge on any atom is 0.241 e. The molecule has 4 aromatic carbocycles. The second-order valence-electron chi connectivity index (χ2n) is 13.6. The number of nitrogens with zero attached hydrogens (tertiary/aromatic N) is 4. The predicted molar refractivity (Wildman–Crippen MR) is 212 cm³/mol. The lowest BCUT2D eigenvalue weighted by molar-refractivity contribution is -0.113. The first-order valence-electron chi connectivity index (χ1n) is 18.8. The number of nitrogen functional groups attached to an aromatic ring is 1. The van der Waals surface area contributed by atoms with E-state index in [0.717, 1.165) is 81.1 Å². The molecule has 0 saturated carbocycles. The summed E-state index contributed by atoms with van der Waals surface area (Å²) in [6.07, 6.45) is 17.8. The number of fused-ring (bicyclic) bond motifs is 6. The third-order valence-corrected chi connectivity index (χ3v) is 10.00. The fourth-order valence-corrected chi connectivity index (χ4v) is 7.48. The van der Waals surface area contributed by atoms with E-state index in [1.165, 1.54) is 81.3 Å². The van der Waals surface area contributed by atoms with Crippen molar-refractivity contribution in [3.8, 4) is 0 Å². The van der Waals surface area contributed by atoms with Crippen LogP contribution in [0.25, 0.3) is 49.7 Å². The Morgan fingerprint density at radius 1 is 0.640 bits per heavy atom. The molecule has 0 fully saturated rings. The number of aryl methyl sites for hydroxylation is 2. The van der Waals surface area contributed by atoms with E-state index in [4.69, 9.17) is 21.7 Å². The van der Waals surface area contributed by atoms with Crippen LogP contribution >= 0.6 is 0 Å². The molecule has 7 nitrogen and oxygen atoms in total. The highest BCUT2D eigenvalue weighted by atomic mass is 16.1. The van der Waals surface area contributed by atoms with E-state index in [1.807, 2.05) is 24.3 Å². The first-order chi connectivity index (χ1) is 24.5. The Hall–Kier alpha value is -4.91. The number of hydrogen-bond acceptors (Lipinski definition) is 4. The van der Waals surface area contributed by atoms with Gasteiger partial charge in [-0.25, -0.2) is 0 Å². The van der Waals surface area contributed by atoms with Crippen molar-refractivity contribution in [1.82, 2.24) is 9.13 Å². The standard InChI is InChI=1S/C43H52N6O/c1-3-5-7-9-11-17-29-48-36-22-16-14-20-34(36)39-41(47-46-32-26-23-31(24-27-32)25-28-37(44)50)43-38(40(45)42(39)48)33-19-13-15-21-35(33)49(43)30-18-12-10-8-6-4-2/h13-16,19-28H,3-12,17-18,29-30,45H2,1-2H3,(H2,44,50)/b28-25+,47-46?. The van der Waals surface area contributed by atoms with Crippen LogP contribution in [0.1, 0.15) is 96.5 Å². The fourth-order valence-electron chi connectivity index (χ4n) is 7.48. The van der Waals surface area contributed by atoms with Crippen LogP contribution in [0.2, 0.25) is 0 Å². The van der Waals surface area contributed by atoms with Crippen molar-refractivity contribution in [1.29, 1.82) is 0 Å². The van der Waals surface area contributed by atoms with E-state index < -0.39 is 5.91 Å². The lowest BCUT2D eigenvalue weighted by Gasteiger charge is -2.13. The first kappa shape index (κ1) is 34.9. The van der Waals surface area contributed by atoms with Gasteiger partial charge < -0.3 is 20.6 Å². The molecule has 7 heteroatoms. The second kappa shape index (κ2) is 16.7. The maximum absolute atomic E-state index is 11.2. The zero-order chi connectivity index (χ0) is 34.9. The summed E-state index contributed by atoms with van der Waals surface area (Å²) in [7, 11) is 0. The summed E-state index contributed by atoms with van der Waals surface area (Å²) >= 11 is 0. The van der Waals surface area contributed by atoms with Gasteiger partial charge in [-0.2, -0.15) is 5.11 Å². The number of aromatic nitrogens is 2. The van der Waals surface area contributed by atoms with Crippen molar-refractivity contribution in [2.24, 2.45) is 16.0 Å². The van der Waals surface area contributed by atoms with Crippen LogP contribution in [0.15, 0.2) is 89.1 Å². The SMILES string of the molecule is CCCCCCCCn1c2ccccc2c2c(N=Nc3ccc(/C=C/C(N)=O)cc3)c3c(c(N)c21)c1ccccc1n3CCCCCCCC. The van der Waals surface area contributed by atoms with Gasteiger partial charge in [-0.3, -0.25) is 4.79 Å². The van der Waals surface area contributed by atoms with Crippen molar-refractivity contribution >= 4 is 72.7 Å². The summed E-state index contributed by atoms with van der Waals surface area (Å²) in [5.74, 6) is -0.475. The van der Waals surface area contributed by atoms with Crippen LogP contribution in [0.5, 0.6) is 0 Å². The minimum atomic E-state index is -0.475. The number of carbonyl (C=O) groups excluding carboxylic acids is 1. The van der Waals surface area contributed by atoms with Crippen molar-refractivity contribution in [3.63, 3.8) is 0 Å². The van der Waals surface area contributed by atoms with Gasteiger partial charge in [0.2, 0.25) is 5.91 Å². The molecule has 4 N–H and O–H groups in total.